The van der Waals surface area contributed by atoms with Gasteiger partial charge in [-0.3, -0.25) is 4.79 Å². The number of thiophene rings is 1. The molecule has 5 rings (SSSR count). The standard InChI is InChI=1S/C23H22N6OS/c1-2-19(30)28-10-6-9-17(12-28)29-23-20(22(24)25-14-26-23)21(27-29)16-11-18(31-13-16)15-7-4-3-5-8-15/h2-5,7-8,11,13-14,17H,1,6,9-10,12H2,(H2,24,25,26)/t17-/m1/s1. The quantitative estimate of drug-likeness (QED) is 0.491. The molecule has 0 spiro atoms. The van der Waals surface area contributed by atoms with Crippen molar-refractivity contribution in [1.29, 1.82) is 0 Å². The van der Waals surface area contributed by atoms with Gasteiger partial charge in [-0.05, 0) is 30.5 Å². The van der Waals surface area contributed by atoms with Crippen LogP contribution in [0.4, 0.5) is 5.82 Å². The second-order valence-corrected chi connectivity index (χ2v) is 8.51. The summed E-state index contributed by atoms with van der Waals surface area (Å²) in [6.45, 7) is 4.92. The Bertz CT molecular complexity index is 1260. The molecule has 31 heavy (non-hydrogen) atoms. The number of benzene rings is 1. The summed E-state index contributed by atoms with van der Waals surface area (Å²) in [6.07, 6.45) is 4.65. The van der Waals surface area contributed by atoms with Crippen LogP contribution >= 0.6 is 11.3 Å². The van der Waals surface area contributed by atoms with Crippen molar-refractivity contribution in [3.63, 3.8) is 0 Å². The van der Waals surface area contributed by atoms with Gasteiger partial charge in [-0.25, -0.2) is 14.6 Å². The first-order valence-electron chi connectivity index (χ1n) is 10.2. The molecular formula is C23H22N6OS. The maximum absolute atomic E-state index is 12.2. The molecule has 1 amide bonds. The highest BCUT2D eigenvalue weighted by atomic mass is 32.1. The van der Waals surface area contributed by atoms with Crippen molar-refractivity contribution in [3.8, 4) is 21.7 Å². The molecule has 7 nitrogen and oxygen atoms in total. The number of hydrogen-bond acceptors (Lipinski definition) is 6. The van der Waals surface area contributed by atoms with Crippen molar-refractivity contribution >= 4 is 34.1 Å². The summed E-state index contributed by atoms with van der Waals surface area (Å²) in [4.78, 5) is 23.9. The lowest BCUT2D eigenvalue weighted by molar-refractivity contribution is -0.127. The second-order valence-electron chi connectivity index (χ2n) is 7.60. The molecule has 1 aliphatic heterocycles. The largest absolute Gasteiger partial charge is 0.383 e. The molecule has 8 heteroatoms. The number of piperidine rings is 1. The molecule has 0 saturated carbocycles. The number of nitrogen functional groups attached to an aromatic ring is 1. The van der Waals surface area contributed by atoms with Crippen LogP contribution in [0.2, 0.25) is 0 Å². The van der Waals surface area contributed by atoms with E-state index in [1.807, 2.05) is 27.8 Å². The van der Waals surface area contributed by atoms with Crippen LogP contribution in [-0.4, -0.2) is 43.6 Å². The lowest BCUT2D eigenvalue weighted by atomic mass is 10.1. The lowest BCUT2D eigenvalue weighted by Crippen LogP contribution is -2.40. The summed E-state index contributed by atoms with van der Waals surface area (Å²) >= 11 is 1.67. The molecule has 1 aliphatic rings. The Hall–Kier alpha value is -3.52. The summed E-state index contributed by atoms with van der Waals surface area (Å²) in [5.74, 6) is 0.356. The Morgan fingerprint density at radius 1 is 1.23 bits per heavy atom. The number of carbonyl (C=O) groups is 1. The predicted octanol–water partition coefficient (Wildman–Crippen LogP) is 4.15. The number of hydrogen-bond donors (Lipinski definition) is 1. The van der Waals surface area contributed by atoms with Gasteiger partial charge in [-0.15, -0.1) is 11.3 Å². The van der Waals surface area contributed by atoms with Crippen LogP contribution in [-0.2, 0) is 4.79 Å². The fraction of sp³-hybridized carbons (Fsp3) is 0.217. The molecule has 1 saturated heterocycles. The highest BCUT2D eigenvalue weighted by Crippen LogP contribution is 2.38. The van der Waals surface area contributed by atoms with Gasteiger partial charge in [0.25, 0.3) is 0 Å². The first-order chi connectivity index (χ1) is 15.2. The first kappa shape index (κ1) is 19.4. The maximum Gasteiger partial charge on any atom is 0.246 e. The van der Waals surface area contributed by atoms with Gasteiger partial charge in [0.15, 0.2) is 5.65 Å². The number of amides is 1. The molecule has 1 atom stereocenters. The van der Waals surface area contributed by atoms with E-state index in [9.17, 15) is 4.79 Å². The highest BCUT2D eigenvalue weighted by molar-refractivity contribution is 7.14. The fourth-order valence-electron chi connectivity index (χ4n) is 4.15. The monoisotopic (exact) mass is 430 g/mol. The van der Waals surface area contributed by atoms with E-state index in [1.165, 1.54) is 12.4 Å². The van der Waals surface area contributed by atoms with Crippen LogP contribution in [0, 0.1) is 0 Å². The third kappa shape index (κ3) is 3.48. The average molecular weight is 431 g/mol. The van der Waals surface area contributed by atoms with Crippen LogP contribution in [0.5, 0.6) is 0 Å². The van der Waals surface area contributed by atoms with Gasteiger partial charge < -0.3 is 10.6 Å². The SMILES string of the molecule is C=CC(=O)N1CCC[C@@H](n2nc(-c3csc(-c4ccccc4)c3)c3c(N)ncnc32)C1. The number of nitrogens with zero attached hydrogens (tertiary/aromatic N) is 5. The zero-order valence-corrected chi connectivity index (χ0v) is 17.8. The molecule has 0 aliphatic carbocycles. The molecule has 3 aromatic heterocycles. The molecule has 1 fully saturated rings. The van der Waals surface area contributed by atoms with Crippen molar-refractivity contribution in [2.75, 3.05) is 18.8 Å². The molecule has 1 aromatic carbocycles. The van der Waals surface area contributed by atoms with Crippen molar-refractivity contribution < 1.29 is 4.79 Å². The molecular weight excluding hydrogens is 408 g/mol. The minimum atomic E-state index is -0.0548. The van der Waals surface area contributed by atoms with Crippen LogP contribution < -0.4 is 5.73 Å². The topological polar surface area (TPSA) is 89.9 Å². The second kappa shape index (κ2) is 7.96. The van der Waals surface area contributed by atoms with E-state index < -0.39 is 0 Å². The van der Waals surface area contributed by atoms with Crippen LogP contribution in [0.15, 0.2) is 60.8 Å². The summed E-state index contributed by atoms with van der Waals surface area (Å²) in [7, 11) is 0. The van der Waals surface area contributed by atoms with E-state index >= 15 is 0 Å². The van der Waals surface area contributed by atoms with E-state index in [4.69, 9.17) is 10.8 Å². The predicted molar refractivity (Wildman–Crippen MR) is 124 cm³/mol. The number of nitrogens with two attached hydrogens (primary N) is 1. The number of carbonyl (C=O) groups excluding carboxylic acids is 1. The van der Waals surface area contributed by atoms with Gasteiger partial charge in [0.05, 0.1) is 11.4 Å². The number of aromatic nitrogens is 4. The molecule has 0 bridgehead atoms. The Balaban J connectivity index is 1.58. The summed E-state index contributed by atoms with van der Waals surface area (Å²) in [5.41, 5.74) is 9.91. The van der Waals surface area contributed by atoms with Gasteiger partial charge >= 0.3 is 0 Å². The summed E-state index contributed by atoms with van der Waals surface area (Å²) in [5, 5.41) is 7.80. The van der Waals surface area contributed by atoms with Gasteiger partial charge in [-0.2, -0.15) is 5.10 Å². The van der Waals surface area contributed by atoms with E-state index in [0.29, 0.717) is 18.0 Å². The zero-order valence-electron chi connectivity index (χ0n) is 16.9. The number of rotatable bonds is 4. The van der Waals surface area contributed by atoms with E-state index in [0.717, 1.165) is 46.5 Å². The molecule has 0 unspecified atom stereocenters. The van der Waals surface area contributed by atoms with Crippen LogP contribution in [0.25, 0.3) is 32.7 Å². The number of likely N-dealkylation sites (tertiary alicyclic amines) is 1. The Labute approximate surface area is 183 Å². The molecule has 4 heterocycles. The van der Waals surface area contributed by atoms with Gasteiger partial charge in [0.1, 0.15) is 17.8 Å². The molecule has 2 N–H and O–H groups in total. The van der Waals surface area contributed by atoms with E-state index in [1.54, 1.807) is 11.3 Å². The van der Waals surface area contributed by atoms with Crippen molar-refractivity contribution in [3.05, 3.63) is 60.8 Å². The highest BCUT2D eigenvalue weighted by Gasteiger charge is 2.28. The Morgan fingerprint density at radius 2 is 2.06 bits per heavy atom. The number of fused-ring (bicyclic) bond motifs is 1. The lowest BCUT2D eigenvalue weighted by Gasteiger charge is -2.32. The minimum Gasteiger partial charge on any atom is -0.383 e. The average Bonchev–Trinajstić information content (AvgIpc) is 3.45. The molecule has 0 radical (unpaired) electrons. The van der Waals surface area contributed by atoms with Crippen molar-refractivity contribution in [2.24, 2.45) is 0 Å². The van der Waals surface area contributed by atoms with Crippen LogP contribution in [0.1, 0.15) is 18.9 Å². The fourth-order valence-corrected chi connectivity index (χ4v) is 5.05. The van der Waals surface area contributed by atoms with E-state index in [2.05, 4.69) is 40.1 Å². The van der Waals surface area contributed by atoms with Crippen molar-refractivity contribution in [2.45, 2.75) is 18.9 Å². The zero-order chi connectivity index (χ0) is 21.4. The summed E-state index contributed by atoms with van der Waals surface area (Å²) < 4.78 is 1.92. The third-order valence-corrected chi connectivity index (χ3v) is 6.66. The molecule has 4 aromatic rings. The van der Waals surface area contributed by atoms with Crippen LogP contribution in [0.3, 0.4) is 0 Å². The first-order valence-corrected chi connectivity index (χ1v) is 11.1. The number of anilines is 1. The van der Waals surface area contributed by atoms with Gasteiger partial charge in [0.2, 0.25) is 5.91 Å². The van der Waals surface area contributed by atoms with Gasteiger partial charge in [0, 0.05) is 28.9 Å². The van der Waals surface area contributed by atoms with Crippen molar-refractivity contribution in [1.82, 2.24) is 24.6 Å². The minimum absolute atomic E-state index is 0.0235. The van der Waals surface area contributed by atoms with E-state index in [-0.39, 0.29) is 11.9 Å². The molecule has 156 valence electrons. The Morgan fingerprint density at radius 3 is 2.87 bits per heavy atom. The third-order valence-electron chi connectivity index (χ3n) is 5.68. The van der Waals surface area contributed by atoms with Gasteiger partial charge in [-0.1, -0.05) is 36.9 Å². The summed E-state index contributed by atoms with van der Waals surface area (Å²) in [6, 6.07) is 12.4. The Kier molecular flexibility index (Phi) is 4.99. The normalized spacial score (nSPS) is 16.5. The maximum atomic E-state index is 12.2. The smallest absolute Gasteiger partial charge is 0.246 e.